The van der Waals surface area contributed by atoms with E-state index in [2.05, 4.69) is 4.90 Å². The van der Waals surface area contributed by atoms with Crippen molar-refractivity contribution >= 4 is 15.7 Å². The summed E-state index contributed by atoms with van der Waals surface area (Å²) in [5.74, 6) is 0.818. The molecule has 1 aliphatic rings. The average molecular weight is 391 g/mol. The van der Waals surface area contributed by atoms with Gasteiger partial charge in [0.15, 0.2) is 0 Å². The quantitative estimate of drug-likeness (QED) is 0.553. The highest BCUT2D eigenvalue weighted by Crippen LogP contribution is 2.23. The Morgan fingerprint density at radius 1 is 1.04 bits per heavy atom. The van der Waals surface area contributed by atoms with Gasteiger partial charge in [0.25, 0.3) is 5.69 Å². The number of hydrogen-bond donors (Lipinski definition) is 0. The number of hydrogen-bond acceptors (Lipinski definition) is 6. The van der Waals surface area contributed by atoms with Crippen molar-refractivity contribution in [3.05, 3.63) is 64.2 Å². The Bertz CT molecular complexity index is 907. The lowest BCUT2D eigenvalue weighted by Gasteiger charge is -2.34. The van der Waals surface area contributed by atoms with Crippen LogP contribution in [-0.2, 0) is 16.6 Å². The van der Waals surface area contributed by atoms with Crippen molar-refractivity contribution in [3.8, 4) is 5.75 Å². The number of nitro groups is 1. The van der Waals surface area contributed by atoms with Crippen molar-refractivity contribution < 1.29 is 18.1 Å². The third-order valence-electron chi connectivity index (χ3n) is 4.60. The van der Waals surface area contributed by atoms with E-state index in [9.17, 15) is 18.5 Å². The van der Waals surface area contributed by atoms with E-state index in [-0.39, 0.29) is 10.6 Å². The summed E-state index contributed by atoms with van der Waals surface area (Å²) in [7, 11) is -2.02. The zero-order valence-corrected chi connectivity index (χ0v) is 15.8. The lowest BCUT2D eigenvalue weighted by Crippen LogP contribution is -2.48. The zero-order valence-electron chi connectivity index (χ0n) is 14.9. The van der Waals surface area contributed by atoms with Gasteiger partial charge in [-0.2, -0.15) is 4.31 Å². The van der Waals surface area contributed by atoms with Gasteiger partial charge >= 0.3 is 0 Å². The smallest absolute Gasteiger partial charge is 0.269 e. The molecule has 0 aliphatic carbocycles. The summed E-state index contributed by atoms with van der Waals surface area (Å²) in [6, 6.07) is 12.8. The molecule has 0 bridgehead atoms. The topological polar surface area (TPSA) is 93.0 Å². The van der Waals surface area contributed by atoms with Crippen molar-refractivity contribution in [2.45, 2.75) is 11.4 Å². The van der Waals surface area contributed by atoms with Gasteiger partial charge in [0.05, 0.1) is 16.9 Å². The van der Waals surface area contributed by atoms with Crippen molar-refractivity contribution in [1.82, 2.24) is 9.21 Å². The molecule has 0 amide bonds. The first-order valence-electron chi connectivity index (χ1n) is 8.50. The maximum absolute atomic E-state index is 12.8. The first-order chi connectivity index (χ1) is 12.9. The minimum absolute atomic E-state index is 0.0753. The van der Waals surface area contributed by atoms with E-state index in [0.29, 0.717) is 32.7 Å². The summed E-state index contributed by atoms with van der Waals surface area (Å²) < 4.78 is 32.3. The van der Waals surface area contributed by atoms with Gasteiger partial charge < -0.3 is 4.74 Å². The van der Waals surface area contributed by atoms with Crippen molar-refractivity contribution in [2.24, 2.45) is 0 Å². The Balaban J connectivity index is 1.65. The van der Waals surface area contributed by atoms with Gasteiger partial charge in [-0.3, -0.25) is 15.0 Å². The summed E-state index contributed by atoms with van der Waals surface area (Å²) in [4.78, 5) is 12.4. The van der Waals surface area contributed by atoms with Crippen molar-refractivity contribution in [1.29, 1.82) is 0 Å². The molecule has 0 saturated carbocycles. The van der Waals surface area contributed by atoms with Crippen LogP contribution in [0.25, 0.3) is 0 Å². The molecule has 0 spiro atoms. The number of ether oxygens (including phenoxy) is 1. The molecule has 0 N–H and O–H groups in total. The number of benzene rings is 2. The minimum Gasteiger partial charge on any atom is -0.496 e. The molecular formula is C18H21N3O5S. The molecule has 0 unspecified atom stereocenters. The summed E-state index contributed by atoms with van der Waals surface area (Å²) >= 11 is 0. The van der Waals surface area contributed by atoms with Gasteiger partial charge in [-0.25, -0.2) is 8.42 Å². The molecule has 1 saturated heterocycles. The number of methoxy groups -OCH3 is 1. The molecule has 1 aliphatic heterocycles. The van der Waals surface area contributed by atoms with Crippen LogP contribution in [0.15, 0.2) is 53.4 Å². The van der Waals surface area contributed by atoms with Gasteiger partial charge in [0.1, 0.15) is 5.75 Å². The largest absolute Gasteiger partial charge is 0.496 e. The van der Waals surface area contributed by atoms with E-state index in [1.54, 1.807) is 7.11 Å². The van der Waals surface area contributed by atoms with E-state index in [1.165, 1.54) is 28.6 Å². The van der Waals surface area contributed by atoms with Crippen LogP contribution in [0.1, 0.15) is 5.56 Å². The van der Waals surface area contributed by atoms with E-state index in [0.717, 1.165) is 11.3 Å². The van der Waals surface area contributed by atoms with E-state index >= 15 is 0 Å². The summed E-state index contributed by atoms with van der Waals surface area (Å²) in [5.41, 5.74) is 0.933. The second kappa shape index (κ2) is 8.03. The Labute approximate surface area is 158 Å². The standard InChI is InChI=1S/C18H21N3O5S/c1-26-18-5-3-2-4-15(18)14-19-10-12-20(13-11-19)27(24,25)17-8-6-16(7-9-17)21(22)23/h2-9H,10-14H2,1H3. The average Bonchev–Trinajstić information content (AvgIpc) is 2.69. The number of para-hydroxylation sites is 1. The van der Waals surface area contributed by atoms with Crippen LogP contribution < -0.4 is 4.74 Å². The van der Waals surface area contributed by atoms with Crippen LogP contribution in [0.4, 0.5) is 5.69 Å². The molecule has 0 radical (unpaired) electrons. The minimum atomic E-state index is -3.65. The maximum Gasteiger partial charge on any atom is 0.269 e. The fraction of sp³-hybridized carbons (Fsp3) is 0.333. The molecule has 0 aromatic heterocycles. The van der Waals surface area contributed by atoms with Crippen molar-refractivity contribution in [3.63, 3.8) is 0 Å². The van der Waals surface area contributed by atoms with Gasteiger partial charge in [-0.15, -0.1) is 0 Å². The number of nitro benzene ring substituents is 1. The molecule has 3 rings (SSSR count). The third kappa shape index (κ3) is 4.26. The van der Waals surface area contributed by atoms with E-state index in [1.807, 2.05) is 24.3 Å². The number of nitrogens with zero attached hydrogens (tertiary/aromatic N) is 3. The molecule has 2 aromatic carbocycles. The number of non-ortho nitro benzene ring substituents is 1. The highest BCUT2D eigenvalue weighted by atomic mass is 32.2. The van der Waals surface area contributed by atoms with Crippen LogP contribution in [0.3, 0.4) is 0 Å². The first-order valence-corrected chi connectivity index (χ1v) is 9.94. The SMILES string of the molecule is COc1ccccc1CN1CCN(S(=O)(=O)c2ccc([N+](=O)[O-])cc2)CC1. The normalized spacial score (nSPS) is 16.2. The molecule has 27 heavy (non-hydrogen) atoms. The summed E-state index contributed by atoms with van der Waals surface area (Å²) in [6.45, 7) is 2.63. The number of piperazine rings is 1. The molecule has 0 atom stereocenters. The Hall–Kier alpha value is -2.49. The van der Waals surface area contributed by atoms with E-state index in [4.69, 9.17) is 4.74 Å². The van der Waals surface area contributed by atoms with E-state index < -0.39 is 14.9 Å². The monoisotopic (exact) mass is 391 g/mol. The Morgan fingerprint density at radius 3 is 2.26 bits per heavy atom. The van der Waals surface area contributed by atoms with Gasteiger partial charge in [-0.05, 0) is 18.2 Å². The molecule has 9 heteroatoms. The third-order valence-corrected chi connectivity index (χ3v) is 6.52. The van der Waals surface area contributed by atoms with Crippen LogP contribution in [0, 0.1) is 10.1 Å². The molecule has 8 nitrogen and oxygen atoms in total. The molecular weight excluding hydrogens is 370 g/mol. The second-order valence-corrected chi connectivity index (χ2v) is 8.18. The first kappa shape index (κ1) is 19.3. The van der Waals surface area contributed by atoms with Gasteiger partial charge in [-0.1, -0.05) is 18.2 Å². The highest BCUT2D eigenvalue weighted by Gasteiger charge is 2.29. The lowest BCUT2D eigenvalue weighted by molar-refractivity contribution is -0.384. The van der Waals surface area contributed by atoms with Crippen LogP contribution in [0.5, 0.6) is 5.75 Å². The van der Waals surface area contributed by atoms with Crippen LogP contribution in [0.2, 0.25) is 0 Å². The van der Waals surface area contributed by atoms with Crippen LogP contribution in [-0.4, -0.2) is 55.8 Å². The summed E-state index contributed by atoms with van der Waals surface area (Å²) in [5, 5.41) is 10.7. The number of sulfonamides is 1. The fourth-order valence-corrected chi connectivity index (χ4v) is 4.51. The predicted octanol–water partition coefficient (Wildman–Crippen LogP) is 2.11. The second-order valence-electron chi connectivity index (χ2n) is 6.24. The Kier molecular flexibility index (Phi) is 5.73. The highest BCUT2D eigenvalue weighted by molar-refractivity contribution is 7.89. The molecule has 2 aromatic rings. The van der Waals surface area contributed by atoms with Gasteiger partial charge in [0, 0.05) is 50.4 Å². The van der Waals surface area contributed by atoms with Crippen LogP contribution >= 0.6 is 0 Å². The molecule has 1 heterocycles. The fourth-order valence-electron chi connectivity index (χ4n) is 3.09. The molecule has 1 fully saturated rings. The summed E-state index contributed by atoms with van der Waals surface area (Å²) in [6.07, 6.45) is 0. The Morgan fingerprint density at radius 2 is 1.67 bits per heavy atom. The molecule has 144 valence electrons. The lowest BCUT2D eigenvalue weighted by atomic mass is 10.2. The predicted molar refractivity (Wildman–Crippen MR) is 100 cm³/mol. The maximum atomic E-state index is 12.8. The van der Waals surface area contributed by atoms with Gasteiger partial charge in [0.2, 0.25) is 10.0 Å². The van der Waals surface area contributed by atoms with Crippen molar-refractivity contribution in [2.75, 3.05) is 33.3 Å². The number of rotatable bonds is 6. The zero-order chi connectivity index (χ0) is 19.4.